The number of hydrogen-bond acceptors (Lipinski definition) is 3. The van der Waals surface area contributed by atoms with Crippen LogP contribution in [0.1, 0.15) is 5.56 Å². The first kappa shape index (κ1) is 10.6. The molecule has 16 heavy (non-hydrogen) atoms. The van der Waals surface area contributed by atoms with E-state index >= 15 is 0 Å². The first-order valence-electron chi connectivity index (χ1n) is 4.77. The number of carboxylic acid groups (broad SMARTS) is 1. The summed E-state index contributed by atoms with van der Waals surface area (Å²) in [6.45, 7) is 0. The highest BCUT2D eigenvalue weighted by Crippen LogP contribution is 2.23. The largest absolute Gasteiger partial charge is 0.545 e. The Hall–Kier alpha value is -1.87. The second-order valence-corrected chi connectivity index (χ2v) is 4.07. The zero-order valence-electron chi connectivity index (χ0n) is 8.42. The predicted molar refractivity (Wildman–Crippen MR) is 63.8 cm³/mol. The summed E-state index contributed by atoms with van der Waals surface area (Å²) in [5, 5.41) is 14.4. The number of aliphatic carboxylic acids is 1. The van der Waals surface area contributed by atoms with Gasteiger partial charge in [-0.2, -0.15) is 11.3 Å². The van der Waals surface area contributed by atoms with Gasteiger partial charge < -0.3 is 9.90 Å². The Kier molecular flexibility index (Phi) is 3.17. The maximum atomic E-state index is 10.3. The highest BCUT2D eigenvalue weighted by atomic mass is 32.1. The zero-order valence-corrected chi connectivity index (χ0v) is 9.24. The molecule has 1 heterocycles. The van der Waals surface area contributed by atoms with Crippen molar-refractivity contribution in [3.05, 3.63) is 52.7 Å². The van der Waals surface area contributed by atoms with Crippen LogP contribution >= 0.6 is 11.3 Å². The topological polar surface area (TPSA) is 40.1 Å². The summed E-state index contributed by atoms with van der Waals surface area (Å²) in [5.74, 6) is -1.18. The number of carboxylic acids is 1. The lowest BCUT2D eigenvalue weighted by Crippen LogP contribution is -2.18. The third kappa shape index (κ3) is 2.58. The van der Waals surface area contributed by atoms with Crippen LogP contribution in [0.2, 0.25) is 0 Å². The molecule has 80 valence electrons. The highest BCUT2D eigenvalue weighted by Gasteiger charge is 1.97. The summed E-state index contributed by atoms with van der Waals surface area (Å²) in [5.41, 5.74) is 3.09. The van der Waals surface area contributed by atoms with Crippen molar-refractivity contribution >= 4 is 23.4 Å². The molecule has 0 spiro atoms. The Morgan fingerprint density at radius 2 is 2.12 bits per heavy atom. The van der Waals surface area contributed by atoms with Crippen molar-refractivity contribution in [2.75, 3.05) is 0 Å². The van der Waals surface area contributed by atoms with Gasteiger partial charge in [-0.1, -0.05) is 24.3 Å². The summed E-state index contributed by atoms with van der Waals surface area (Å²) in [7, 11) is 0. The van der Waals surface area contributed by atoms with E-state index in [4.69, 9.17) is 0 Å². The molecule has 0 atom stereocenters. The molecule has 0 N–H and O–H groups in total. The van der Waals surface area contributed by atoms with Crippen LogP contribution in [0.3, 0.4) is 0 Å². The van der Waals surface area contributed by atoms with Gasteiger partial charge in [-0.25, -0.2) is 0 Å². The van der Waals surface area contributed by atoms with Crippen molar-refractivity contribution in [2.24, 2.45) is 0 Å². The summed E-state index contributed by atoms with van der Waals surface area (Å²) < 4.78 is 0. The van der Waals surface area contributed by atoms with Crippen molar-refractivity contribution in [3.63, 3.8) is 0 Å². The predicted octanol–water partition coefficient (Wildman–Crippen LogP) is 2.18. The normalized spacial score (nSPS) is 10.8. The average molecular weight is 229 g/mol. The number of carbonyl (C=O) groups excluding carboxylic acids is 1. The van der Waals surface area contributed by atoms with Crippen LogP contribution in [0.4, 0.5) is 0 Å². The van der Waals surface area contributed by atoms with Crippen LogP contribution in [0, 0.1) is 0 Å². The number of thiophene rings is 1. The van der Waals surface area contributed by atoms with Gasteiger partial charge >= 0.3 is 0 Å². The molecule has 2 nitrogen and oxygen atoms in total. The van der Waals surface area contributed by atoms with Gasteiger partial charge in [0, 0.05) is 0 Å². The Morgan fingerprint density at radius 3 is 2.81 bits per heavy atom. The van der Waals surface area contributed by atoms with E-state index in [0.717, 1.165) is 22.8 Å². The van der Waals surface area contributed by atoms with E-state index in [1.807, 2.05) is 35.7 Å². The molecule has 0 saturated carbocycles. The first-order chi connectivity index (χ1) is 7.75. The Bertz CT molecular complexity index is 512. The van der Waals surface area contributed by atoms with Crippen LogP contribution in [-0.2, 0) is 4.79 Å². The minimum absolute atomic E-state index is 0.855. The average Bonchev–Trinajstić information content (AvgIpc) is 2.80. The van der Waals surface area contributed by atoms with Gasteiger partial charge in [0.25, 0.3) is 0 Å². The van der Waals surface area contributed by atoms with Crippen LogP contribution < -0.4 is 5.11 Å². The molecular formula is C13H9O2S-. The monoisotopic (exact) mass is 229 g/mol. The van der Waals surface area contributed by atoms with E-state index < -0.39 is 5.97 Å². The molecule has 0 radical (unpaired) electrons. The molecule has 0 aliphatic heterocycles. The standard InChI is InChI=1S/C13H10O2S/c14-13(15)5-4-10-2-1-3-11(8-10)12-6-7-16-9-12/h1-9H,(H,14,15)/p-1/b5-4+. The SMILES string of the molecule is O=C([O-])/C=C/c1cccc(-c2ccsc2)c1. The maximum absolute atomic E-state index is 10.3. The van der Waals surface area contributed by atoms with Gasteiger partial charge in [0.2, 0.25) is 0 Å². The van der Waals surface area contributed by atoms with Gasteiger partial charge in [-0.3, -0.25) is 0 Å². The molecule has 0 amide bonds. The molecule has 0 saturated heterocycles. The summed E-state index contributed by atoms with van der Waals surface area (Å²) in [6, 6.07) is 9.74. The van der Waals surface area contributed by atoms with Gasteiger partial charge in [0.15, 0.2) is 0 Å². The molecule has 1 aromatic heterocycles. The number of rotatable bonds is 3. The van der Waals surface area contributed by atoms with Crippen molar-refractivity contribution in [1.29, 1.82) is 0 Å². The lowest BCUT2D eigenvalue weighted by Gasteiger charge is -2.00. The Balaban J connectivity index is 2.30. The van der Waals surface area contributed by atoms with E-state index in [0.29, 0.717) is 0 Å². The van der Waals surface area contributed by atoms with E-state index in [9.17, 15) is 9.90 Å². The van der Waals surface area contributed by atoms with E-state index in [-0.39, 0.29) is 0 Å². The van der Waals surface area contributed by atoms with Crippen molar-refractivity contribution in [1.82, 2.24) is 0 Å². The number of carbonyl (C=O) groups is 1. The van der Waals surface area contributed by atoms with Crippen LogP contribution in [-0.4, -0.2) is 5.97 Å². The maximum Gasteiger partial charge on any atom is 0.0643 e. The lowest BCUT2D eigenvalue weighted by molar-refractivity contribution is -0.297. The second kappa shape index (κ2) is 4.77. The Labute approximate surface area is 97.5 Å². The van der Waals surface area contributed by atoms with Gasteiger partial charge in [-0.05, 0) is 45.7 Å². The van der Waals surface area contributed by atoms with E-state index in [2.05, 4.69) is 5.38 Å². The zero-order chi connectivity index (χ0) is 11.4. The first-order valence-corrected chi connectivity index (χ1v) is 5.72. The third-order valence-electron chi connectivity index (χ3n) is 2.15. The minimum Gasteiger partial charge on any atom is -0.545 e. The molecule has 3 heteroatoms. The number of hydrogen-bond donors (Lipinski definition) is 0. The molecule has 2 rings (SSSR count). The van der Waals surface area contributed by atoms with Crippen LogP contribution in [0.25, 0.3) is 17.2 Å². The lowest BCUT2D eigenvalue weighted by atomic mass is 10.1. The van der Waals surface area contributed by atoms with Crippen LogP contribution in [0.15, 0.2) is 47.2 Å². The molecule has 1 aromatic carbocycles. The molecule has 0 aliphatic carbocycles. The fourth-order valence-corrected chi connectivity index (χ4v) is 2.08. The number of benzene rings is 1. The molecule has 0 aliphatic rings. The summed E-state index contributed by atoms with van der Waals surface area (Å²) in [6.07, 6.45) is 2.57. The summed E-state index contributed by atoms with van der Waals surface area (Å²) in [4.78, 5) is 10.3. The van der Waals surface area contributed by atoms with Crippen molar-refractivity contribution in [3.8, 4) is 11.1 Å². The minimum atomic E-state index is -1.18. The van der Waals surface area contributed by atoms with Gasteiger partial charge in [-0.15, -0.1) is 0 Å². The molecular weight excluding hydrogens is 220 g/mol. The van der Waals surface area contributed by atoms with Gasteiger partial charge in [0.05, 0.1) is 5.97 Å². The molecule has 0 bridgehead atoms. The van der Waals surface area contributed by atoms with Crippen molar-refractivity contribution in [2.45, 2.75) is 0 Å². The third-order valence-corrected chi connectivity index (χ3v) is 2.84. The van der Waals surface area contributed by atoms with E-state index in [1.54, 1.807) is 11.3 Å². The Morgan fingerprint density at radius 1 is 1.25 bits per heavy atom. The molecule has 0 unspecified atom stereocenters. The molecule has 2 aromatic rings. The van der Waals surface area contributed by atoms with Crippen molar-refractivity contribution < 1.29 is 9.90 Å². The van der Waals surface area contributed by atoms with E-state index in [1.165, 1.54) is 6.08 Å². The highest BCUT2D eigenvalue weighted by molar-refractivity contribution is 7.08. The fraction of sp³-hybridized carbons (Fsp3) is 0. The quantitative estimate of drug-likeness (QED) is 0.757. The smallest absolute Gasteiger partial charge is 0.0643 e. The van der Waals surface area contributed by atoms with Gasteiger partial charge in [0.1, 0.15) is 0 Å². The summed E-state index contributed by atoms with van der Waals surface area (Å²) >= 11 is 1.64. The fourth-order valence-electron chi connectivity index (χ4n) is 1.41. The molecule has 0 fully saturated rings. The van der Waals surface area contributed by atoms with Crippen LogP contribution in [0.5, 0.6) is 0 Å². The second-order valence-electron chi connectivity index (χ2n) is 3.29.